The summed E-state index contributed by atoms with van der Waals surface area (Å²) >= 11 is 1.60. The monoisotopic (exact) mass is 226 g/mol. The second kappa shape index (κ2) is 5.91. The SMILES string of the molecule is CCC(C)CSc1cc(F)cc(C=O)c1. The zero-order valence-electron chi connectivity index (χ0n) is 9.00. The summed E-state index contributed by atoms with van der Waals surface area (Å²) in [5.74, 6) is 1.22. The van der Waals surface area contributed by atoms with Crippen LogP contribution in [-0.4, -0.2) is 12.0 Å². The smallest absolute Gasteiger partial charge is 0.150 e. The summed E-state index contributed by atoms with van der Waals surface area (Å²) in [7, 11) is 0. The lowest BCUT2D eigenvalue weighted by Gasteiger charge is -2.07. The summed E-state index contributed by atoms with van der Waals surface area (Å²) in [4.78, 5) is 11.4. The Kier molecular flexibility index (Phi) is 4.82. The molecule has 1 rings (SSSR count). The van der Waals surface area contributed by atoms with E-state index in [0.29, 0.717) is 17.8 Å². The van der Waals surface area contributed by atoms with Crippen LogP contribution in [0.25, 0.3) is 0 Å². The number of aldehydes is 1. The molecule has 1 nitrogen and oxygen atoms in total. The lowest BCUT2D eigenvalue weighted by atomic mass is 10.2. The summed E-state index contributed by atoms with van der Waals surface area (Å²) in [5.41, 5.74) is 0.404. The first-order chi connectivity index (χ1) is 7.15. The Morgan fingerprint density at radius 2 is 2.20 bits per heavy atom. The molecule has 0 aromatic heterocycles. The van der Waals surface area contributed by atoms with E-state index in [1.165, 1.54) is 12.1 Å². The Bertz CT molecular complexity index is 338. The van der Waals surface area contributed by atoms with Crippen molar-refractivity contribution in [2.45, 2.75) is 25.2 Å². The topological polar surface area (TPSA) is 17.1 Å². The van der Waals surface area contributed by atoms with Gasteiger partial charge in [-0.3, -0.25) is 4.79 Å². The Morgan fingerprint density at radius 1 is 1.47 bits per heavy atom. The molecular formula is C12H15FOS. The lowest BCUT2D eigenvalue weighted by molar-refractivity contribution is 0.112. The van der Waals surface area contributed by atoms with Crippen molar-refractivity contribution < 1.29 is 9.18 Å². The zero-order valence-corrected chi connectivity index (χ0v) is 9.81. The van der Waals surface area contributed by atoms with Gasteiger partial charge in [0.25, 0.3) is 0 Å². The van der Waals surface area contributed by atoms with E-state index in [1.54, 1.807) is 17.8 Å². The molecule has 0 heterocycles. The molecule has 1 aromatic carbocycles. The van der Waals surface area contributed by atoms with Gasteiger partial charge in [0, 0.05) is 16.2 Å². The van der Waals surface area contributed by atoms with E-state index in [2.05, 4.69) is 13.8 Å². The van der Waals surface area contributed by atoms with Crippen molar-refractivity contribution in [3.05, 3.63) is 29.6 Å². The number of rotatable bonds is 5. The average Bonchev–Trinajstić information content (AvgIpc) is 2.25. The predicted octanol–water partition coefficient (Wildman–Crippen LogP) is 3.78. The van der Waals surface area contributed by atoms with E-state index >= 15 is 0 Å². The molecule has 0 bridgehead atoms. The molecule has 3 heteroatoms. The van der Waals surface area contributed by atoms with Gasteiger partial charge in [-0.1, -0.05) is 20.3 Å². The number of thioether (sulfide) groups is 1. The van der Waals surface area contributed by atoms with Crippen LogP contribution in [0.4, 0.5) is 4.39 Å². The predicted molar refractivity (Wildman–Crippen MR) is 62.0 cm³/mol. The highest BCUT2D eigenvalue weighted by Crippen LogP contribution is 2.23. The van der Waals surface area contributed by atoms with Gasteiger partial charge in [0.15, 0.2) is 0 Å². The van der Waals surface area contributed by atoms with Gasteiger partial charge in [0.05, 0.1) is 0 Å². The Labute approximate surface area is 94.1 Å². The van der Waals surface area contributed by atoms with Crippen LogP contribution in [-0.2, 0) is 0 Å². The van der Waals surface area contributed by atoms with Crippen molar-refractivity contribution in [2.24, 2.45) is 5.92 Å². The van der Waals surface area contributed by atoms with E-state index < -0.39 is 0 Å². The fraction of sp³-hybridized carbons (Fsp3) is 0.417. The Balaban J connectivity index is 2.68. The molecule has 1 aromatic rings. The second-order valence-corrected chi connectivity index (χ2v) is 4.76. The van der Waals surface area contributed by atoms with Crippen LogP contribution in [0.2, 0.25) is 0 Å². The van der Waals surface area contributed by atoms with Gasteiger partial charge in [-0.2, -0.15) is 0 Å². The fourth-order valence-electron chi connectivity index (χ4n) is 1.09. The number of hydrogen-bond acceptors (Lipinski definition) is 2. The van der Waals surface area contributed by atoms with Crippen molar-refractivity contribution in [3.63, 3.8) is 0 Å². The molecule has 0 fully saturated rings. The molecule has 0 aliphatic rings. The number of hydrogen-bond donors (Lipinski definition) is 0. The lowest BCUT2D eigenvalue weighted by Crippen LogP contribution is -1.95. The van der Waals surface area contributed by atoms with E-state index in [-0.39, 0.29) is 5.82 Å². The summed E-state index contributed by atoms with van der Waals surface area (Å²) in [6, 6.07) is 4.45. The van der Waals surface area contributed by atoms with Gasteiger partial charge in [0.2, 0.25) is 0 Å². The number of benzene rings is 1. The van der Waals surface area contributed by atoms with Crippen molar-refractivity contribution in [1.29, 1.82) is 0 Å². The molecule has 0 saturated heterocycles. The van der Waals surface area contributed by atoms with Crippen molar-refractivity contribution in [1.82, 2.24) is 0 Å². The van der Waals surface area contributed by atoms with Crippen LogP contribution in [0, 0.1) is 11.7 Å². The standard InChI is InChI=1S/C12H15FOS/c1-3-9(2)8-15-12-5-10(7-14)4-11(13)6-12/h4-7,9H,3,8H2,1-2H3. The number of halogens is 1. The second-order valence-electron chi connectivity index (χ2n) is 3.66. The Hall–Kier alpha value is -0.830. The third-order valence-electron chi connectivity index (χ3n) is 2.26. The van der Waals surface area contributed by atoms with Gasteiger partial charge in [-0.25, -0.2) is 4.39 Å². The van der Waals surface area contributed by atoms with Gasteiger partial charge >= 0.3 is 0 Å². The average molecular weight is 226 g/mol. The van der Waals surface area contributed by atoms with E-state index in [9.17, 15) is 9.18 Å². The molecule has 0 amide bonds. The normalized spacial score (nSPS) is 12.5. The minimum absolute atomic E-state index is 0.341. The summed E-state index contributed by atoms with van der Waals surface area (Å²) in [5, 5.41) is 0. The minimum Gasteiger partial charge on any atom is -0.298 e. The summed E-state index contributed by atoms with van der Waals surface area (Å²) < 4.78 is 13.0. The van der Waals surface area contributed by atoms with Crippen molar-refractivity contribution in [3.8, 4) is 0 Å². The van der Waals surface area contributed by atoms with Crippen LogP contribution in [0.15, 0.2) is 23.1 Å². The fourth-order valence-corrected chi connectivity index (χ4v) is 2.22. The third kappa shape index (κ3) is 4.04. The van der Waals surface area contributed by atoms with Gasteiger partial charge in [-0.15, -0.1) is 11.8 Å². The quantitative estimate of drug-likeness (QED) is 0.561. The number of carbonyl (C=O) groups is 1. The largest absolute Gasteiger partial charge is 0.298 e. The van der Waals surface area contributed by atoms with E-state index in [1.807, 2.05) is 0 Å². The van der Waals surface area contributed by atoms with Crippen molar-refractivity contribution in [2.75, 3.05) is 5.75 Å². The summed E-state index contributed by atoms with van der Waals surface area (Å²) in [6.07, 6.45) is 1.79. The van der Waals surface area contributed by atoms with Crippen molar-refractivity contribution >= 4 is 18.0 Å². The van der Waals surface area contributed by atoms with Crippen LogP contribution >= 0.6 is 11.8 Å². The zero-order chi connectivity index (χ0) is 11.3. The molecule has 0 N–H and O–H groups in total. The molecule has 0 saturated carbocycles. The van der Waals surface area contributed by atoms with E-state index in [0.717, 1.165) is 17.1 Å². The first-order valence-corrected chi connectivity index (χ1v) is 6.02. The molecule has 82 valence electrons. The van der Waals surface area contributed by atoms with E-state index in [4.69, 9.17) is 0 Å². The van der Waals surface area contributed by atoms with Gasteiger partial charge in [0.1, 0.15) is 12.1 Å². The molecule has 1 atom stereocenters. The number of carbonyl (C=O) groups excluding carboxylic acids is 1. The molecule has 0 spiro atoms. The summed E-state index contributed by atoms with van der Waals surface area (Å²) in [6.45, 7) is 4.29. The van der Waals surface area contributed by atoms with Crippen LogP contribution < -0.4 is 0 Å². The van der Waals surface area contributed by atoms with Crippen LogP contribution in [0.1, 0.15) is 30.6 Å². The van der Waals surface area contributed by atoms with Crippen LogP contribution in [0.3, 0.4) is 0 Å². The molecule has 1 unspecified atom stereocenters. The van der Waals surface area contributed by atoms with Gasteiger partial charge < -0.3 is 0 Å². The third-order valence-corrected chi connectivity index (χ3v) is 3.57. The maximum absolute atomic E-state index is 13.0. The minimum atomic E-state index is -0.341. The Morgan fingerprint density at radius 3 is 2.80 bits per heavy atom. The molecular weight excluding hydrogens is 211 g/mol. The first kappa shape index (κ1) is 12.2. The van der Waals surface area contributed by atoms with Crippen LogP contribution in [0.5, 0.6) is 0 Å². The van der Waals surface area contributed by atoms with Gasteiger partial charge in [-0.05, 0) is 24.1 Å². The molecule has 15 heavy (non-hydrogen) atoms. The first-order valence-electron chi connectivity index (χ1n) is 5.04. The highest BCUT2D eigenvalue weighted by Gasteiger charge is 2.03. The maximum Gasteiger partial charge on any atom is 0.150 e. The maximum atomic E-state index is 13.0. The molecule has 0 aliphatic carbocycles. The highest BCUT2D eigenvalue weighted by atomic mass is 32.2. The molecule has 0 aliphatic heterocycles. The molecule has 0 radical (unpaired) electrons. The highest BCUT2D eigenvalue weighted by molar-refractivity contribution is 7.99.